The lowest BCUT2D eigenvalue weighted by molar-refractivity contribution is -0.0371. The molecule has 2 amide bonds. The van der Waals surface area contributed by atoms with Crippen molar-refractivity contribution in [2.45, 2.75) is 0 Å². The predicted molar refractivity (Wildman–Crippen MR) is 85.8 cm³/mol. The van der Waals surface area contributed by atoms with Gasteiger partial charge in [-0.1, -0.05) is 18.2 Å². The smallest absolute Gasteiger partial charge is 0.288 e. The maximum atomic E-state index is 12.2. The van der Waals surface area contributed by atoms with Crippen LogP contribution in [0.15, 0.2) is 42.7 Å². The topological polar surface area (TPSA) is 98.7 Å². The van der Waals surface area contributed by atoms with Crippen LogP contribution in [0.25, 0.3) is 0 Å². The third-order valence-corrected chi connectivity index (χ3v) is 3.69. The van der Waals surface area contributed by atoms with E-state index >= 15 is 0 Å². The fraction of sp³-hybridized carbons (Fsp3) is 0.250. The van der Waals surface area contributed by atoms with Crippen molar-refractivity contribution >= 4 is 17.8 Å². The van der Waals surface area contributed by atoms with Gasteiger partial charge in [0.1, 0.15) is 0 Å². The Morgan fingerprint density at radius 3 is 2.21 bits per heavy atom. The van der Waals surface area contributed by atoms with Crippen molar-refractivity contribution in [2.24, 2.45) is 0 Å². The number of anilines is 1. The number of rotatable bonds is 3. The molecule has 0 spiro atoms. The molecule has 1 aromatic carbocycles. The first kappa shape index (κ1) is 16.0. The van der Waals surface area contributed by atoms with E-state index in [0.29, 0.717) is 5.95 Å². The molecule has 0 saturated carbocycles. The Kier molecular flexibility index (Phi) is 4.78. The van der Waals surface area contributed by atoms with Crippen molar-refractivity contribution in [1.82, 2.24) is 20.3 Å². The van der Waals surface area contributed by atoms with Crippen LogP contribution >= 0.6 is 0 Å². The summed E-state index contributed by atoms with van der Waals surface area (Å²) in [6.07, 6.45) is 2.63. The summed E-state index contributed by atoms with van der Waals surface area (Å²) >= 11 is 0. The van der Waals surface area contributed by atoms with Gasteiger partial charge in [-0.25, -0.2) is 9.97 Å². The van der Waals surface area contributed by atoms with E-state index in [1.165, 1.54) is 24.5 Å². The predicted octanol–water partition coefficient (Wildman–Crippen LogP) is 0.558. The number of hydrogen-bond donors (Lipinski definition) is 2. The number of amides is 2. The van der Waals surface area contributed by atoms with Crippen molar-refractivity contribution in [2.75, 3.05) is 31.1 Å². The van der Waals surface area contributed by atoms with Crippen LogP contribution in [0.5, 0.6) is 0 Å². The maximum Gasteiger partial charge on any atom is 0.288 e. The van der Waals surface area contributed by atoms with E-state index in [-0.39, 0.29) is 16.2 Å². The van der Waals surface area contributed by atoms with E-state index in [9.17, 15) is 14.8 Å². The average molecular weight is 327 g/mol. The number of imide groups is 1. The number of hydrogen-bond acceptors (Lipinski definition) is 7. The second-order valence-corrected chi connectivity index (χ2v) is 5.30. The highest BCUT2D eigenvalue weighted by Gasteiger charge is 2.23. The number of carbonyl (C=O) groups excluding carboxylic acids is 2. The highest BCUT2D eigenvalue weighted by atomic mass is 16.5. The molecule has 2 heterocycles. The Morgan fingerprint density at radius 1 is 1.00 bits per heavy atom. The van der Waals surface area contributed by atoms with Gasteiger partial charge < -0.3 is 10.2 Å². The quantitative estimate of drug-likeness (QED) is 0.483. The minimum Gasteiger partial charge on any atom is -0.338 e. The first-order valence-electron chi connectivity index (χ1n) is 7.57. The lowest BCUT2D eigenvalue weighted by atomic mass is 10.2. The molecule has 1 aromatic heterocycles. The number of carbonyl (C=O) groups is 2. The van der Waals surface area contributed by atoms with E-state index in [0.717, 1.165) is 26.2 Å². The van der Waals surface area contributed by atoms with Crippen LogP contribution < -0.4 is 10.2 Å². The van der Waals surface area contributed by atoms with Crippen molar-refractivity contribution in [1.29, 1.82) is 0 Å². The summed E-state index contributed by atoms with van der Waals surface area (Å²) < 4.78 is 0. The third kappa shape index (κ3) is 3.39. The lowest BCUT2D eigenvalue weighted by Crippen LogP contribution is -2.44. The third-order valence-electron chi connectivity index (χ3n) is 3.69. The van der Waals surface area contributed by atoms with E-state index in [1.54, 1.807) is 18.2 Å². The van der Waals surface area contributed by atoms with Crippen LogP contribution in [0.3, 0.4) is 0 Å². The Balaban J connectivity index is 1.71. The fourth-order valence-electron chi connectivity index (χ4n) is 2.38. The van der Waals surface area contributed by atoms with E-state index in [4.69, 9.17) is 0 Å². The number of nitrogens with zero attached hydrogens (tertiary/aromatic N) is 4. The average Bonchev–Trinajstić information content (AvgIpc) is 2.68. The molecule has 8 heteroatoms. The molecule has 2 aromatic rings. The number of piperazine rings is 1. The van der Waals surface area contributed by atoms with Crippen molar-refractivity contribution in [3.05, 3.63) is 53.9 Å². The van der Waals surface area contributed by atoms with Crippen molar-refractivity contribution < 1.29 is 14.8 Å². The molecule has 0 bridgehead atoms. The molecule has 2 N–H and O–H groups in total. The Labute approximate surface area is 138 Å². The van der Waals surface area contributed by atoms with Gasteiger partial charge in [0, 0.05) is 44.1 Å². The fourth-order valence-corrected chi connectivity index (χ4v) is 2.38. The highest BCUT2D eigenvalue weighted by Crippen LogP contribution is 2.11. The summed E-state index contributed by atoms with van der Waals surface area (Å²) in [4.78, 5) is 34.6. The van der Waals surface area contributed by atoms with Gasteiger partial charge in [-0.15, -0.1) is 5.06 Å². The Hall–Kier alpha value is -2.84. The summed E-state index contributed by atoms with van der Waals surface area (Å²) in [5.41, 5.74) is 0.257. The molecule has 0 unspecified atom stereocenters. The zero-order valence-electron chi connectivity index (χ0n) is 12.9. The van der Waals surface area contributed by atoms with Crippen LogP contribution in [0, 0.1) is 0 Å². The molecule has 1 aliphatic rings. The Bertz CT molecular complexity index is 714. The van der Waals surface area contributed by atoms with Crippen molar-refractivity contribution in [3.63, 3.8) is 0 Å². The number of nitrogens with one attached hydrogen (secondary N) is 1. The largest absolute Gasteiger partial charge is 0.338 e. The van der Waals surface area contributed by atoms with Crippen LogP contribution in [-0.4, -0.2) is 58.2 Å². The first-order chi connectivity index (χ1) is 11.7. The molecular formula is C16H17N5O3. The van der Waals surface area contributed by atoms with Crippen LogP contribution in [0.2, 0.25) is 0 Å². The molecule has 1 aliphatic heterocycles. The Morgan fingerprint density at radius 2 is 1.58 bits per heavy atom. The van der Waals surface area contributed by atoms with Crippen LogP contribution in [0.4, 0.5) is 5.95 Å². The number of benzene rings is 1. The van der Waals surface area contributed by atoms with Gasteiger partial charge in [0.05, 0.1) is 5.56 Å². The lowest BCUT2D eigenvalue weighted by Gasteiger charge is -2.27. The van der Waals surface area contributed by atoms with Crippen molar-refractivity contribution in [3.8, 4) is 0 Å². The van der Waals surface area contributed by atoms with E-state index in [2.05, 4.69) is 15.3 Å². The van der Waals surface area contributed by atoms with Gasteiger partial charge in [-0.2, -0.15) is 0 Å². The molecule has 0 radical (unpaired) electrons. The minimum atomic E-state index is -0.865. The van der Waals surface area contributed by atoms with Gasteiger partial charge in [-0.3, -0.25) is 14.8 Å². The SMILES string of the molecule is O=C(c1ccccc1)N(O)C(=O)c1cnc(N2CCNCC2)nc1. The van der Waals surface area contributed by atoms with Gasteiger partial charge in [0.15, 0.2) is 0 Å². The second-order valence-electron chi connectivity index (χ2n) is 5.30. The second kappa shape index (κ2) is 7.16. The van der Waals surface area contributed by atoms with Gasteiger partial charge >= 0.3 is 0 Å². The van der Waals surface area contributed by atoms with E-state index < -0.39 is 11.8 Å². The van der Waals surface area contributed by atoms with Crippen LogP contribution in [-0.2, 0) is 0 Å². The molecule has 1 saturated heterocycles. The molecule has 24 heavy (non-hydrogen) atoms. The first-order valence-corrected chi connectivity index (χ1v) is 7.57. The number of aromatic nitrogens is 2. The molecule has 124 valence electrons. The van der Waals surface area contributed by atoms with Gasteiger partial charge in [-0.05, 0) is 12.1 Å². The summed E-state index contributed by atoms with van der Waals surface area (Å²) in [5.74, 6) is -1.14. The summed E-state index contributed by atoms with van der Waals surface area (Å²) in [6, 6.07) is 8.07. The molecule has 0 atom stereocenters. The zero-order chi connectivity index (χ0) is 16.9. The summed E-state index contributed by atoms with van der Waals surface area (Å²) in [5, 5.41) is 13.2. The normalized spacial score (nSPS) is 14.3. The minimum absolute atomic E-state index is 0.0423. The van der Waals surface area contributed by atoms with Gasteiger partial charge in [0.25, 0.3) is 11.8 Å². The highest BCUT2D eigenvalue weighted by molar-refractivity contribution is 6.08. The summed E-state index contributed by atoms with van der Waals surface area (Å²) in [6.45, 7) is 3.26. The van der Waals surface area contributed by atoms with E-state index in [1.807, 2.05) is 4.90 Å². The molecule has 0 aliphatic carbocycles. The summed E-state index contributed by atoms with van der Waals surface area (Å²) in [7, 11) is 0. The van der Waals surface area contributed by atoms with Crippen LogP contribution in [0.1, 0.15) is 20.7 Å². The molecule has 3 rings (SSSR count). The maximum absolute atomic E-state index is 12.2. The zero-order valence-corrected chi connectivity index (χ0v) is 12.9. The standard InChI is InChI=1S/C16H17N5O3/c22-14(12-4-2-1-3-5-12)21(24)15(23)13-10-18-16(19-11-13)20-8-6-17-7-9-20/h1-5,10-11,17,24H,6-9H2. The molecular weight excluding hydrogens is 310 g/mol. The van der Waals surface area contributed by atoms with Gasteiger partial charge in [0.2, 0.25) is 5.95 Å². The molecule has 8 nitrogen and oxygen atoms in total. The monoisotopic (exact) mass is 327 g/mol. The molecule has 1 fully saturated rings. The number of hydroxylamine groups is 2.